The van der Waals surface area contributed by atoms with E-state index in [2.05, 4.69) is 4.74 Å². The van der Waals surface area contributed by atoms with E-state index in [0.717, 1.165) is 17.7 Å². The lowest BCUT2D eigenvalue weighted by atomic mass is 9.99. The Kier molecular flexibility index (Phi) is 2.60. The van der Waals surface area contributed by atoms with Crippen LogP contribution < -0.4 is 10.5 Å². The summed E-state index contributed by atoms with van der Waals surface area (Å²) in [6.07, 6.45) is 0.775. The van der Waals surface area contributed by atoms with Gasteiger partial charge in [0.15, 0.2) is 0 Å². The molecule has 4 heteroatoms. The van der Waals surface area contributed by atoms with Gasteiger partial charge in [0.05, 0.1) is 19.3 Å². The molecular formula is C11H13NO3. The first-order valence-corrected chi connectivity index (χ1v) is 4.83. The highest BCUT2D eigenvalue weighted by Gasteiger charge is 2.19. The van der Waals surface area contributed by atoms with Crippen LogP contribution in [0.2, 0.25) is 0 Å². The Bertz CT molecular complexity index is 389. The first kappa shape index (κ1) is 9.98. The molecule has 1 aromatic carbocycles. The Hall–Kier alpha value is -1.55. The van der Waals surface area contributed by atoms with E-state index in [4.69, 9.17) is 10.5 Å². The fourth-order valence-electron chi connectivity index (χ4n) is 1.67. The number of carbonyl (C=O) groups is 1. The lowest BCUT2D eigenvalue weighted by molar-refractivity contribution is 0.0600. The van der Waals surface area contributed by atoms with Crippen LogP contribution in [0.3, 0.4) is 0 Å². The lowest BCUT2D eigenvalue weighted by Gasteiger charge is -2.23. The number of benzene rings is 1. The molecule has 0 saturated carbocycles. The molecule has 1 heterocycles. The number of rotatable bonds is 1. The molecule has 0 spiro atoms. The number of methoxy groups -OCH3 is 1. The molecule has 1 aliphatic heterocycles. The molecule has 80 valence electrons. The van der Waals surface area contributed by atoms with E-state index >= 15 is 0 Å². The first-order chi connectivity index (χ1) is 7.22. The number of esters is 1. The van der Waals surface area contributed by atoms with Crippen molar-refractivity contribution in [1.82, 2.24) is 0 Å². The van der Waals surface area contributed by atoms with E-state index in [1.54, 1.807) is 18.2 Å². The van der Waals surface area contributed by atoms with Crippen molar-refractivity contribution in [3.63, 3.8) is 0 Å². The standard InChI is InChI=1S/C11H13NO3/c1-14-11(13)7-2-3-10-8(6-7)9(12)4-5-15-10/h2-3,6,9H,4-5,12H2,1H3/t9-/m0/s1. The number of carbonyl (C=O) groups excluding carboxylic acids is 1. The van der Waals surface area contributed by atoms with E-state index in [1.807, 2.05) is 0 Å². The lowest BCUT2D eigenvalue weighted by Crippen LogP contribution is -2.21. The zero-order valence-corrected chi connectivity index (χ0v) is 8.53. The van der Waals surface area contributed by atoms with E-state index < -0.39 is 0 Å². The van der Waals surface area contributed by atoms with E-state index in [9.17, 15) is 4.79 Å². The van der Waals surface area contributed by atoms with Crippen molar-refractivity contribution in [3.05, 3.63) is 29.3 Å². The summed E-state index contributed by atoms with van der Waals surface area (Å²) in [4.78, 5) is 11.3. The Morgan fingerprint density at radius 3 is 3.13 bits per heavy atom. The van der Waals surface area contributed by atoms with Crippen LogP contribution in [0.15, 0.2) is 18.2 Å². The maximum absolute atomic E-state index is 11.3. The van der Waals surface area contributed by atoms with Crippen molar-refractivity contribution in [2.24, 2.45) is 5.73 Å². The van der Waals surface area contributed by atoms with Crippen LogP contribution in [0, 0.1) is 0 Å². The topological polar surface area (TPSA) is 61.5 Å². The predicted octanol–water partition coefficient (Wildman–Crippen LogP) is 1.26. The highest BCUT2D eigenvalue weighted by molar-refractivity contribution is 5.89. The van der Waals surface area contributed by atoms with Gasteiger partial charge in [0.25, 0.3) is 0 Å². The summed E-state index contributed by atoms with van der Waals surface area (Å²) in [5, 5.41) is 0. The summed E-state index contributed by atoms with van der Waals surface area (Å²) in [7, 11) is 1.36. The van der Waals surface area contributed by atoms with Crippen molar-refractivity contribution in [2.75, 3.05) is 13.7 Å². The first-order valence-electron chi connectivity index (χ1n) is 4.83. The van der Waals surface area contributed by atoms with Gasteiger partial charge in [-0.3, -0.25) is 0 Å². The molecule has 2 N–H and O–H groups in total. The molecule has 1 aliphatic rings. The minimum absolute atomic E-state index is 0.0571. The van der Waals surface area contributed by atoms with Gasteiger partial charge in [-0.2, -0.15) is 0 Å². The second-order valence-electron chi connectivity index (χ2n) is 3.49. The van der Waals surface area contributed by atoms with Crippen LogP contribution >= 0.6 is 0 Å². The van der Waals surface area contributed by atoms with Gasteiger partial charge in [0.2, 0.25) is 0 Å². The van der Waals surface area contributed by atoms with Gasteiger partial charge in [-0.1, -0.05) is 0 Å². The van der Waals surface area contributed by atoms with Gasteiger partial charge in [0, 0.05) is 18.0 Å². The quantitative estimate of drug-likeness (QED) is 0.704. The smallest absolute Gasteiger partial charge is 0.337 e. The monoisotopic (exact) mass is 207 g/mol. The third-order valence-corrected chi connectivity index (χ3v) is 2.52. The van der Waals surface area contributed by atoms with Crippen LogP contribution in [-0.2, 0) is 4.74 Å². The van der Waals surface area contributed by atoms with Crippen LogP contribution in [0.4, 0.5) is 0 Å². The molecule has 0 unspecified atom stereocenters. The average molecular weight is 207 g/mol. The fourth-order valence-corrected chi connectivity index (χ4v) is 1.67. The van der Waals surface area contributed by atoms with Gasteiger partial charge in [-0.15, -0.1) is 0 Å². The zero-order valence-electron chi connectivity index (χ0n) is 8.53. The van der Waals surface area contributed by atoms with E-state index in [0.29, 0.717) is 12.2 Å². The largest absolute Gasteiger partial charge is 0.493 e. The Morgan fingerprint density at radius 2 is 2.40 bits per heavy atom. The summed E-state index contributed by atoms with van der Waals surface area (Å²) < 4.78 is 10.1. The molecule has 0 saturated heterocycles. The SMILES string of the molecule is COC(=O)c1ccc2c(c1)[C@@H](N)CCO2. The van der Waals surface area contributed by atoms with Crippen molar-refractivity contribution < 1.29 is 14.3 Å². The molecule has 2 rings (SSSR count). The predicted molar refractivity (Wildman–Crippen MR) is 54.8 cm³/mol. The van der Waals surface area contributed by atoms with Crippen LogP contribution in [0.5, 0.6) is 5.75 Å². The molecule has 0 amide bonds. The summed E-state index contributed by atoms with van der Waals surface area (Å²) in [5.74, 6) is 0.414. The number of hydrogen-bond acceptors (Lipinski definition) is 4. The summed E-state index contributed by atoms with van der Waals surface area (Å²) in [6.45, 7) is 0.631. The molecule has 1 atom stereocenters. The molecule has 4 nitrogen and oxygen atoms in total. The highest BCUT2D eigenvalue weighted by atomic mass is 16.5. The normalized spacial score (nSPS) is 18.9. The summed E-state index contributed by atoms with van der Waals surface area (Å²) in [5.41, 5.74) is 7.31. The van der Waals surface area contributed by atoms with Crippen molar-refractivity contribution in [2.45, 2.75) is 12.5 Å². The third-order valence-electron chi connectivity index (χ3n) is 2.52. The van der Waals surface area contributed by atoms with Gasteiger partial charge in [-0.25, -0.2) is 4.79 Å². The third kappa shape index (κ3) is 1.80. The molecule has 0 fully saturated rings. The minimum atomic E-state index is -0.351. The van der Waals surface area contributed by atoms with Crippen molar-refractivity contribution in [1.29, 1.82) is 0 Å². The maximum atomic E-state index is 11.3. The van der Waals surface area contributed by atoms with E-state index in [-0.39, 0.29) is 12.0 Å². The summed E-state index contributed by atoms with van der Waals surface area (Å²) in [6, 6.07) is 5.13. The fraction of sp³-hybridized carbons (Fsp3) is 0.364. The summed E-state index contributed by atoms with van der Waals surface area (Å²) >= 11 is 0. The van der Waals surface area contributed by atoms with Gasteiger partial charge in [0.1, 0.15) is 5.75 Å². The second-order valence-corrected chi connectivity index (χ2v) is 3.49. The highest BCUT2D eigenvalue weighted by Crippen LogP contribution is 2.31. The van der Waals surface area contributed by atoms with Crippen LogP contribution in [0.1, 0.15) is 28.4 Å². The number of ether oxygens (including phenoxy) is 2. The van der Waals surface area contributed by atoms with Gasteiger partial charge in [-0.05, 0) is 18.2 Å². The van der Waals surface area contributed by atoms with Gasteiger partial charge < -0.3 is 15.2 Å². The number of hydrogen-bond donors (Lipinski definition) is 1. The van der Waals surface area contributed by atoms with E-state index in [1.165, 1.54) is 7.11 Å². The molecule has 0 bridgehead atoms. The molecular weight excluding hydrogens is 194 g/mol. The van der Waals surface area contributed by atoms with Crippen molar-refractivity contribution >= 4 is 5.97 Å². The maximum Gasteiger partial charge on any atom is 0.337 e. The minimum Gasteiger partial charge on any atom is -0.493 e. The Balaban J connectivity index is 2.39. The molecule has 0 aliphatic carbocycles. The van der Waals surface area contributed by atoms with Gasteiger partial charge >= 0.3 is 5.97 Å². The number of nitrogens with two attached hydrogens (primary N) is 1. The Labute approximate surface area is 88.0 Å². The number of fused-ring (bicyclic) bond motifs is 1. The molecule has 0 radical (unpaired) electrons. The molecule has 15 heavy (non-hydrogen) atoms. The molecule has 1 aromatic rings. The van der Waals surface area contributed by atoms with Crippen molar-refractivity contribution in [3.8, 4) is 5.75 Å². The Morgan fingerprint density at radius 1 is 1.60 bits per heavy atom. The van der Waals surface area contributed by atoms with Crippen LogP contribution in [-0.4, -0.2) is 19.7 Å². The van der Waals surface area contributed by atoms with Crippen LogP contribution in [0.25, 0.3) is 0 Å². The second kappa shape index (κ2) is 3.90. The average Bonchev–Trinajstić information content (AvgIpc) is 2.28. The molecule has 0 aromatic heterocycles. The zero-order chi connectivity index (χ0) is 10.8.